The molecule has 2 N–H and O–H groups in total. The highest BCUT2D eigenvalue weighted by molar-refractivity contribution is 7.99. The van der Waals surface area contributed by atoms with Crippen molar-refractivity contribution >= 4 is 17.4 Å². The number of hydrogen-bond donors (Lipinski definition) is 1. The molecule has 18 heavy (non-hydrogen) atoms. The molecule has 2 heteroatoms. The lowest BCUT2D eigenvalue weighted by Gasteiger charge is -2.08. The Bertz CT molecular complexity index is 534. The van der Waals surface area contributed by atoms with Crippen LogP contribution in [0.1, 0.15) is 16.7 Å². The standard InChI is InChI=1S/C16H19NS/c1-12-7-8-13(2)16(11-12)18-10-9-14-5-3-4-6-15(14)17/h3-8,11H,9-10,17H2,1-2H3. The van der Waals surface area contributed by atoms with Crippen LogP contribution in [0.2, 0.25) is 0 Å². The Balaban J connectivity index is 1.96. The van der Waals surface area contributed by atoms with Gasteiger partial charge in [-0.15, -0.1) is 11.8 Å². The molecular weight excluding hydrogens is 238 g/mol. The second-order valence-corrected chi connectivity index (χ2v) is 5.70. The quantitative estimate of drug-likeness (QED) is 0.655. The van der Waals surface area contributed by atoms with Crippen LogP contribution in [0.25, 0.3) is 0 Å². The molecule has 2 aromatic carbocycles. The summed E-state index contributed by atoms with van der Waals surface area (Å²) < 4.78 is 0. The number of thioether (sulfide) groups is 1. The molecule has 2 rings (SSSR count). The number of para-hydroxylation sites is 1. The number of rotatable bonds is 4. The van der Waals surface area contributed by atoms with Crippen LogP contribution in [0.5, 0.6) is 0 Å². The Morgan fingerprint density at radius 2 is 1.83 bits per heavy atom. The van der Waals surface area contributed by atoms with E-state index in [4.69, 9.17) is 5.73 Å². The normalized spacial score (nSPS) is 10.6. The molecular formula is C16H19NS. The third kappa shape index (κ3) is 3.30. The molecule has 0 saturated heterocycles. The Kier molecular flexibility index (Phi) is 4.32. The van der Waals surface area contributed by atoms with Gasteiger partial charge in [-0.05, 0) is 43.5 Å². The average molecular weight is 257 g/mol. The van der Waals surface area contributed by atoms with E-state index in [1.165, 1.54) is 21.6 Å². The molecule has 0 aliphatic heterocycles. The van der Waals surface area contributed by atoms with Gasteiger partial charge < -0.3 is 5.73 Å². The van der Waals surface area contributed by atoms with Gasteiger partial charge in [0, 0.05) is 16.3 Å². The van der Waals surface area contributed by atoms with Crippen LogP contribution in [0.4, 0.5) is 5.69 Å². The lowest BCUT2D eigenvalue weighted by Crippen LogP contribution is -1.96. The summed E-state index contributed by atoms with van der Waals surface area (Å²) in [5, 5.41) is 0. The summed E-state index contributed by atoms with van der Waals surface area (Å²) in [4.78, 5) is 1.38. The fourth-order valence-corrected chi connectivity index (χ4v) is 3.00. The molecule has 0 aliphatic rings. The summed E-state index contributed by atoms with van der Waals surface area (Å²) in [6, 6.07) is 14.7. The molecule has 0 unspecified atom stereocenters. The Morgan fingerprint density at radius 1 is 1.06 bits per heavy atom. The van der Waals surface area contributed by atoms with Crippen molar-refractivity contribution in [1.29, 1.82) is 0 Å². The Morgan fingerprint density at radius 3 is 2.61 bits per heavy atom. The number of benzene rings is 2. The molecule has 0 heterocycles. The van der Waals surface area contributed by atoms with Gasteiger partial charge in [0.05, 0.1) is 0 Å². The van der Waals surface area contributed by atoms with Crippen molar-refractivity contribution in [3.05, 3.63) is 59.2 Å². The maximum absolute atomic E-state index is 5.94. The fraction of sp³-hybridized carbons (Fsp3) is 0.250. The summed E-state index contributed by atoms with van der Waals surface area (Å²) in [5.74, 6) is 1.07. The number of anilines is 1. The highest BCUT2D eigenvalue weighted by Gasteiger charge is 2.02. The van der Waals surface area contributed by atoms with Gasteiger partial charge in [-0.1, -0.05) is 35.9 Å². The first-order chi connectivity index (χ1) is 8.66. The molecule has 1 nitrogen and oxygen atoms in total. The van der Waals surface area contributed by atoms with Crippen LogP contribution < -0.4 is 5.73 Å². The highest BCUT2D eigenvalue weighted by Crippen LogP contribution is 2.25. The minimum absolute atomic E-state index is 0.902. The molecule has 0 atom stereocenters. The molecule has 0 spiro atoms. The summed E-state index contributed by atoms with van der Waals surface area (Å²) in [6.07, 6.45) is 1.02. The molecule has 0 saturated carbocycles. The van der Waals surface area contributed by atoms with Crippen LogP contribution in [0.15, 0.2) is 47.4 Å². The van der Waals surface area contributed by atoms with E-state index in [0.717, 1.165) is 17.9 Å². The Hall–Kier alpha value is -1.41. The monoisotopic (exact) mass is 257 g/mol. The van der Waals surface area contributed by atoms with E-state index in [9.17, 15) is 0 Å². The van der Waals surface area contributed by atoms with Gasteiger partial charge in [-0.3, -0.25) is 0 Å². The van der Waals surface area contributed by atoms with E-state index in [1.54, 1.807) is 0 Å². The average Bonchev–Trinajstić information content (AvgIpc) is 2.36. The van der Waals surface area contributed by atoms with Gasteiger partial charge in [-0.25, -0.2) is 0 Å². The maximum atomic E-state index is 5.94. The van der Waals surface area contributed by atoms with Crippen molar-refractivity contribution in [2.45, 2.75) is 25.2 Å². The second-order valence-electron chi connectivity index (χ2n) is 4.57. The van der Waals surface area contributed by atoms with E-state index < -0.39 is 0 Å². The fourth-order valence-electron chi connectivity index (χ4n) is 1.90. The SMILES string of the molecule is Cc1ccc(C)c(SCCc2ccccc2N)c1. The first-order valence-corrected chi connectivity index (χ1v) is 7.19. The minimum atomic E-state index is 0.902. The van der Waals surface area contributed by atoms with Gasteiger partial charge >= 0.3 is 0 Å². The molecule has 0 aliphatic carbocycles. The molecule has 0 bridgehead atoms. The Labute approximate surface area is 113 Å². The lowest BCUT2D eigenvalue weighted by molar-refractivity contribution is 1.15. The largest absolute Gasteiger partial charge is 0.399 e. The molecule has 0 radical (unpaired) electrons. The van der Waals surface area contributed by atoms with Crippen molar-refractivity contribution in [2.75, 3.05) is 11.5 Å². The summed E-state index contributed by atoms with van der Waals surface area (Å²) in [5.41, 5.74) is 10.8. The highest BCUT2D eigenvalue weighted by atomic mass is 32.2. The zero-order valence-electron chi connectivity index (χ0n) is 10.9. The lowest BCUT2D eigenvalue weighted by atomic mass is 10.1. The van der Waals surface area contributed by atoms with E-state index in [0.29, 0.717) is 0 Å². The molecule has 0 fully saturated rings. The number of aryl methyl sites for hydroxylation is 3. The number of nitrogen functional groups attached to an aromatic ring is 1. The zero-order valence-corrected chi connectivity index (χ0v) is 11.8. The van der Waals surface area contributed by atoms with Crippen molar-refractivity contribution < 1.29 is 0 Å². The summed E-state index contributed by atoms with van der Waals surface area (Å²) in [7, 11) is 0. The van der Waals surface area contributed by atoms with Crippen molar-refractivity contribution in [3.8, 4) is 0 Å². The first kappa shape index (κ1) is 13.0. The topological polar surface area (TPSA) is 26.0 Å². The van der Waals surface area contributed by atoms with E-state index in [-0.39, 0.29) is 0 Å². The molecule has 94 valence electrons. The van der Waals surface area contributed by atoms with Crippen LogP contribution in [0, 0.1) is 13.8 Å². The van der Waals surface area contributed by atoms with Gasteiger partial charge in [0.15, 0.2) is 0 Å². The van der Waals surface area contributed by atoms with Crippen LogP contribution in [-0.2, 0) is 6.42 Å². The summed E-state index contributed by atoms with van der Waals surface area (Å²) >= 11 is 1.91. The molecule has 0 aromatic heterocycles. The number of nitrogens with two attached hydrogens (primary N) is 1. The van der Waals surface area contributed by atoms with E-state index >= 15 is 0 Å². The smallest absolute Gasteiger partial charge is 0.0346 e. The predicted octanol–water partition coefficient (Wildman–Crippen LogP) is 4.22. The van der Waals surface area contributed by atoms with E-state index in [1.807, 2.05) is 30.0 Å². The zero-order chi connectivity index (χ0) is 13.0. The van der Waals surface area contributed by atoms with Gasteiger partial charge in [0.25, 0.3) is 0 Å². The van der Waals surface area contributed by atoms with Crippen molar-refractivity contribution in [2.24, 2.45) is 0 Å². The third-order valence-electron chi connectivity index (χ3n) is 3.03. The molecule has 0 amide bonds. The van der Waals surface area contributed by atoms with Gasteiger partial charge in [0.1, 0.15) is 0 Å². The van der Waals surface area contributed by atoms with Crippen molar-refractivity contribution in [3.63, 3.8) is 0 Å². The third-order valence-corrected chi connectivity index (χ3v) is 4.19. The maximum Gasteiger partial charge on any atom is 0.0346 e. The first-order valence-electron chi connectivity index (χ1n) is 6.20. The minimum Gasteiger partial charge on any atom is -0.399 e. The van der Waals surface area contributed by atoms with Crippen LogP contribution in [-0.4, -0.2) is 5.75 Å². The van der Waals surface area contributed by atoms with Gasteiger partial charge in [-0.2, -0.15) is 0 Å². The van der Waals surface area contributed by atoms with E-state index in [2.05, 4.69) is 38.1 Å². The number of hydrogen-bond acceptors (Lipinski definition) is 2. The van der Waals surface area contributed by atoms with Crippen LogP contribution in [0.3, 0.4) is 0 Å². The van der Waals surface area contributed by atoms with Crippen molar-refractivity contribution in [1.82, 2.24) is 0 Å². The van der Waals surface area contributed by atoms with Gasteiger partial charge in [0.2, 0.25) is 0 Å². The molecule has 2 aromatic rings. The second kappa shape index (κ2) is 5.96. The van der Waals surface area contributed by atoms with Crippen LogP contribution >= 0.6 is 11.8 Å². The predicted molar refractivity (Wildman–Crippen MR) is 81.2 cm³/mol. The summed E-state index contributed by atoms with van der Waals surface area (Å²) in [6.45, 7) is 4.30.